The second-order valence-electron chi connectivity index (χ2n) is 4.34. The van der Waals surface area contributed by atoms with Gasteiger partial charge in [-0.3, -0.25) is 9.59 Å². The van der Waals surface area contributed by atoms with E-state index >= 15 is 0 Å². The second-order valence-corrected chi connectivity index (χ2v) is 4.34. The van der Waals surface area contributed by atoms with Crippen molar-refractivity contribution in [2.24, 2.45) is 0 Å². The Balaban J connectivity index is 2.16. The largest absolute Gasteiger partial charge is 0.354 e. The molecule has 0 saturated carbocycles. The number of methoxy groups -OCH3 is 2. The van der Waals surface area contributed by atoms with Crippen LogP contribution < -0.4 is 10.6 Å². The maximum absolute atomic E-state index is 11.8. The first-order valence-electron chi connectivity index (χ1n) is 6.48. The topological polar surface area (TPSA) is 79.9 Å². The van der Waals surface area contributed by atoms with E-state index in [9.17, 15) is 9.59 Å². The number of piperazine rings is 1. The molecule has 1 heterocycles. The molecule has 110 valence electrons. The Hall–Kier alpha value is -1.18. The van der Waals surface area contributed by atoms with E-state index in [0.29, 0.717) is 0 Å². The average molecular weight is 273 g/mol. The molecule has 1 rings (SSSR count). The molecule has 0 aromatic rings. The zero-order valence-electron chi connectivity index (χ0n) is 11.6. The third-order valence-corrected chi connectivity index (χ3v) is 3.03. The fourth-order valence-corrected chi connectivity index (χ4v) is 1.84. The van der Waals surface area contributed by atoms with Crippen molar-refractivity contribution in [2.45, 2.75) is 19.1 Å². The molecule has 1 aliphatic rings. The number of carbonyl (C=O) groups excluding carboxylic acids is 2. The lowest BCUT2D eigenvalue weighted by atomic mass is 10.2. The fourth-order valence-electron chi connectivity index (χ4n) is 1.84. The first-order valence-corrected chi connectivity index (χ1v) is 6.48. The van der Waals surface area contributed by atoms with Gasteiger partial charge in [-0.25, -0.2) is 0 Å². The minimum Gasteiger partial charge on any atom is -0.354 e. The summed E-state index contributed by atoms with van der Waals surface area (Å²) in [5.74, 6) is -0.130. The Morgan fingerprint density at radius 3 is 2.42 bits per heavy atom. The summed E-state index contributed by atoms with van der Waals surface area (Å²) in [4.78, 5) is 25.2. The van der Waals surface area contributed by atoms with Gasteiger partial charge in [0.05, 0.1) is 6.54 Å². The lowest BCUT2D eigenvalue weighted by Crippen LogP contribution is -2.46. The highest BCUT2D eigenvalue weighted by atomic mass is 16.7. The molecule has 0 aromatic carbocycles. The predicted molar refractivity (Wildman–Crippen MR) is 69.5 cm³/mol. The summed E-state index contributed by atoms with van der Waals surface area (Å²) in [6, 6.07) is 0. The van der Waals surface area contributed by atoms with Crippen LogP contribution in [0.5, 0.6) is 0 Å². The monoisotopic (exact) mass is 273 g/mol. The summed E-state index contributed by atoms with van der Waals surface area (Å²) in [7, 11) is 3.02. The van der Waals surface area contributed by atoms with Crippen LogP contribution >= 0.6 is 0 Å². The van der Waals surface area contributed by atoms with Crippen LogP contribution in [0.3, 0.4) is 0 Å². The Bertz CT molecular complexity index is 289. The molecule has 0 aliphatic carbocycles. The summed E-state index contributed by atoms with van der Waals surface area (Å²) in [6.07, 6.45) is -0.00727. The number of rotatable bonds is 7. The first kappa shape index (κ1) is 15.9. The Morgan fingerprint density at radius 2 is 1.84 bits per heavy atom. The molecule has 1 aliphatic heterocycles. The molecule has 19 heavy (non-hydrogen) atoms. The first-order chi connectivity index (χ1) is 9.17. The summed E-state index contributed by atoms with van der Waals surface area (Å²) >= 11 is 0. The molecule has 0 spiro atoms. The van der Waals surface area contributed by atoms with Gasteiger partial charge in [-0.05, 0) is 0 Å². The number of nitrogens with zero attached hydrogens (tertiary/aromatic N) is 1. The SMILES string of the molecule is COC(CNC(=O)CCC(=O)N1CCNCC1)OC. The third kappa shape index (κ3) is 6.00. The van der Waals surface area contributed by atoms with Gasteiger partial charge < -0.3 is 25.0 Å². The van der Waals surface area contributed by atoms with Gasteiger partial charge in [-0.15, -0.1) is 0 Å². The van der Waals surface area contributed by atoms with Crippen molar-refractivity contribution in [1.29, 1.82) is 0 Å². The molecule has 2 amide bonds. The van der Waals surface area contributed by atoms with Gasteiger partial charge in [0.15, 0.2) is 6.29 Å². The smallest absolute Gasteiger partial charge is 0.223 e. The number of hydrogen-bond acceptors (Lipinski definition) is 5. The minimum absolute atomic E-state index is 0.0340. The van der Waals surface area contributed by atoms with E-state index in [2.05, 4.69) is 10.6 Å². The van der Waals surface area contributed by atoms with Crippen molar-refractivity contribution in [3.8, 4) is 0 Å². The Morgan fingerprint density at radius 1 is 1.21 bits per heavy atom. The van der Waals surface area contributed by atoms with Crippen molar-refractivity contribution in [2.75, 3.05) is 46.9 Å². The van der Waals surface area contributed by atoms with Gasteiger partial charge in [0.25, 0.3) is 0 Å². The van der Waals surface area contributed by atoms with Crippen molar-refractivity contribution < 1.29 is 19.1 Å². The van der Waals surface area contributed by atoms with E-state index < -0.39 is 6.29 Å². The van der Waals surface area contributed by atoms with Gasteiger partial charge >= 0.3 is 0 Å². The van der Waals surface area contributed by atoms with Crippen LogP contribution in [0.4, 0.5) is 0 Å². The van der Waals surface area contributed by atoms with Crippen LogP contribution in [-0.4, -0.2) is 69.9 Å². The van der Waals surface area contributed by atoms with Gasteiger partial charge in [0.2, 0.25) is 11.8 Å². The van der Waals surface area contributed by atoms with Crippen LogP contribution in [-0.2, 0) is 19.1 Å². The van der Waals surface area contributed by atoms with Gasteiger partial charge in [0.1, 0.15) is 0 Å². The maximum Gasteiger partial charge on any atom is 0.223 e. The lowest BCUT2D eigenvalue weighted by molar-refractivity contribution is -0.135. The summed E-state index contributed by atoms with van der Waals surface area (Å²) in [5.41, 5.74) is 0. The standard InChI is InChI=1S/C12H23N3O4/c1-18-12(19-2)9-14-10(16)3-4-11(17)15-7-5-13-6-8-15/h12-13H,3-9H2,1-2H3,(H,14,16). The van der Waals surface area contributed by atoms with Crippen LogP contribution in [0.2, 0.25) is 0 Å². The van der Waals surface area contributed by atoms with Crippen LogP contribution in [0.1, 0.15) is 12.8 Å². The summed E-state index contributed by atoms with van der Waals surface area (Å²) in [6.45, 7) is 3.36. The number of ether oxygens (including phenoxy) is 2. The summed E-state index contributed by atoms with van der Waals surface area (Å²) < 4.78 is 9.90. The Kier molecular flexibility index (Phi) is 7.39. The van der Waals surface area contributed by atoms with Crippen molar-refractivity contribution in [3.05, 3.63) is 0 Å². The van der Waals surface area contributed by atoms with E-state index in [1.807, 2.05) is 0 Å². The molecule has 0 atom stereocenters. The summed E-state index contributed by atoms with van der Waals surface area (Å²) in [5, 5.41) is 5.85. The fraction of sp³-hybridized carbons (Fsp3) is 0.833. The molecule has 7 heteroatoms. The maximum atomic E-state index is 11.8. The molecule has 0 aromatic heterocycles. The highest BCUT2D eigenvalue weighted by Crippen LogP contribution is 2.00. The predicted octanol–water partition coefficient (Wildman–Crippen LogP) is -1.07. The molecule has 0 unspecified atom stereocenters. The Labute approximate surface area is 113 Å². The van der Waals surface area contributed by atoms with E-state index in [1.165, 1.54) is 14.2 Å². The molecule has 1 saturated heterocycles. The lowest BCUT2D eigenvalue weighted by Gasteiger charge is -2.27. The van der Waals surface area contributed by atoms with Crippen LogP contribution in [0.25, 0.3) is 0 Å². The molecule has 7 nitrogen and oxygen atoms in total. The molecular weight excluding hydrogens is 250 g/mol. The van der Waals surface area contributed by atoms with Crippen LogP contribution in [0, 0.1) is 0 Å². The normalized spacial score (nSPS) is 15.6. The van der Waals surface area contributed by atoms with E-state index in [1.54, 1.807) is 4.90 Å². The second kappa shape index (κ2) is 8.84. The van der Waals surface area contributed by atoms with E-state index in [4.69, 9.17) is 9.47 Å². The van der Waals surface area contributed by atoms with Crippen molar-refractivity contribution >= 4 is 11.8 Å². The minimum atomic E-state index is -0.451. The molecule has 1 fully saturated rings. The molecule has 2 N–H and O–H groups in total. The highest BCUT2D eigenvalue weighted by Gasteiger charge is 2.17. The van der Waals surface area contributed by atoms with Gasteiger partial charge in [-0.2, -0.15) is 0 Å². The number of carbonyl (C=O) groups is 2. The number of amides is 2. The quantitative estimate of drug-likeness (QED) is 0.578. The molecular formula is C12H23N3O4. The van der Waals surface area contributed by atoms with Gasteiger partial charge in [0, 0.05) is 53.2 Å². The molecule has 0 radical (unpaired) electrons. The van der Waals surface area contributed by atoms with Crippen molar-refractivity contribution in [3.63, 3.8) is 0 Å². The third-order valence-electron chi connectivity index (χ3n) is 3.03. The van der Waals surface area contributed by atoms with E-state index in [-0.39, 0.29) is 31.2 Å². The van der Waals surface area contributed by atoms with Gasteiger partial charge in [-0.1, -0.05) is 0 Å². The zero-order chi connectivity index (χ0) is 14.1. The van der Waals surface area contributed by atoms with Crippen molar-refractivity contribution in [1.82, 2.24) is 15.5 Å². The number of hydrogen-bond donors (Lipinski definition) is 2. The highest BCUT2D eigenvalue weighted by molar-refractivity contribution is 5.83. The zero-order valence-corrected chi connectivity index (χ0v) is 11.6. The average Bonchev–Trinajstić information content (AvgIpc) is 2.46. The number of nitrogens with one attached hydrogen (secondary N) is 2. The van der Waals surface area contributed by atoms with Crippen LogP contribution in [0.15, 0.2) is 0 Å². The van der Waals surface area contributed by atoms with E-state index in [0.717, 1.165) is 26.2 Å². The molecule has 0 bridgehead atoms.